The number of ether oxygens (including phenoxy) is 3. The number of nitrogens with zero attached hydrogens (tertiary/aromatic N) is 3. The molecule has 190 valence electrons. The van der Waals surface area contributed by atoms with Gasteiger partial charge >= 0.3 is 0 Å². The number of para-hydroxylation sites is 1. The van der Waals surface area contributed by atoms with Crippen LogP contribution in [0.3, 0.4) is 0 Å². The molecule has 0 aliphatic carbocycles. The molecule has 2 aromatic rings. The van der Waals surface area contributed by atoms with E-state index < -0.39 is 0 Å². The van der Waals surface area contributed by atoms with Gasteiger partial charge in [0.25, 0.3) is 5.69 Å². The molecule has 1 spiro atoms. The van der Waals surface area contributed by atoms with Gasteiger partial charge in [0.1, 0.15) is 5.75 Å². The summed E-state index contributed by atoms with van der Waals surface area (Å²) in [6.45, 7) is 6.29. The minimum Gasteiger partial charge on any atom is -0.493 e. The zero-order valence-corrected chi connectivity index (χ0v) is 20.5. The molecule has 0 bridgehead atoms. The van der Waals surface area contributed by atoms with Crippen molar-refractivity contribution in [2.45, 2.75) is 32.7 Å². The van der Waals surface area contributed by atoms with E-state index in [-0.39, 0.29) is 28.7 Å². The Hall–Kier alpha value is -3.59. The van der Waals surface area contributed by atoms with Gasteiger partial charge in [-0.25, -0.2) is 0 Å². The summed E-state index contributed by atoms with van der Waals surface area (Å²) in [5.41, 5.74) is 1.75. The molecule has 3 aliphatic rings. The fourth-order valence-corrected chi connectivity index (χ4v) is 5.45. The van der Waals surface area contributed by atoms with Gasteiger partial charge in [0.15, 0.2) is 11.5 Å². The number of piperidine rings is 1. The van der Waals surface area contributed by atoms with Gasteiger partial charge in [0.05, 0.1) is 17.6 Å². The Kier molecular flexibility index (Phi) is 6.82. The summed E-state index contributed by atoms with van der Waals surface area (Å²) in [7, 11) is 0. The van der Waals surface area contributed by atoms with Crippen molar-refractivity contribution in [3.05, 3.63) is 63.7 Å². The number of likely N-dealkylation sites (tertiary alicyclic amines) is 2. The summed E-state index contributed by atoms with van der Waals surface area (Å²) in [6.07, 6.45) is 6.36. The molecule has 2 saturated heterocycles. The van der Waals surface area contributed by atoms with Crippen LogP contribution in [-0.2, 0) is 11.3 Å². The molecule has 0 N–H and O–H groups in total. The average Bonchev–Trinajstić information content (AvgIpc) is 3.50. The van der Waals surface area contributed by atoms with Crippen LogP contribution < -0.4 is 14.2 Å². The van der Waals surface area contributed by atoms with Gasteiger partial charge in [0.2, 0.25) is 12.7 Å². The topological polar surface area (TPSA) is 94.4 Å². The first-order chi connectivity index (χ1) is 17.5. The molecule has 0 atom stereocenters. The molecule has 2 fully saturated rings. The molecule has 9 nitrogen and oxygen atoms in total. The third-order valence-electron chi connectivity index (χ3n) is 7.44. The average molecular weight is 494 g/mol. The number of benzene rings is 2. The van der Waals surface area contributed by atoms with Crippen LogP contribution in [0.15, 0.2) is 42.5 Å². The second kappa shape index (κ2) is 10.2. The summed E-state index contributed by atoms with van der Waals surface area (Å²) in [5, 5.41) is 11.6. The highest BCUT2D eigenvalue weighted by Gasteiger charge is 2.41. The van der Waals surface area contributed by atoms with Crippen LogP contribution >= 0.6 is 0 Å². The van der Waals surface area contributed by atoms with Crippen molar-refractivity contribution in [1.29, 1.82) is 0 Å². The lowest BCUT2D eigenvalue weighted by molar-refractivity contribution is -0.385. The van der Waals surface area contributed by atoms with Crippen molar-refractivity contribution in [2.75, 3.05) is 39.6 Å². The van der Waals surface area contributed by atoms with E-state index >= 15 is 0 Å². The standard InChI is InChI=1S/C27H31N3O6/c1-2-34-23-6-4-3-5-20(23)7-8-26(31)29-13-10-27(11-14-29)9-12-28(18-27)17-21-15-24-25(36-19-35-24)16-22(21)30(32)33/h3-8,15-16H,2,9-14,17-19H2,1H3. The lowest BCUT2D eigenvalue weighted by Gasteiger charge is -2.39. The van der Waals surface area contributed by atoms with E-state index in [2.05, 4.69) is 4.90 Å². The quantitative estimate of drug-likeness (QED) is 0.323. The van der Waals surface area contributed by atoms with Gasteiger partial charge in [-0.3, -0.25) is 19.8 Å². The summed E-state index contributed by atoms with van der Waals surface area (Å²) in [6, 6.07) is 10.9. The minimum atomic E-state index is -0.354. The van der Waals surface area contributed by atoms with Crippen molar-refractivity contribution in [2.24, 2.45) is 5.41 Å². The summed E-state index contributed by atoms with van der Waals surface area (Å²) >= 11 is 0. The van der Waals surface area contributed by atoms with Gasteiger partial charge in [-0.2, -0.15) is 0 Å². The molecular weight excluding hydrogens is 462 g/mol. The van der Waals surface area contributed by atoms with E-state index in [0.717, 1.165) is 43.7 Å². The third-order valence-corrected chi connectivity index (χ3v) is 7.44. The van der Waals surface area contributed by atoms with Crippen LogP contribution in [0.2, 0.25) is 0 Å². The normalized spacial score (nSPS) is 18.8. The van der Waals surface area contributed by atoms with E-state index in [4.69, 9.17) is 14.2 Å². The Morgan fingerprint density at radius 3 is 2.61 bits per heavy atom. The van der Waals surface area contributed by atoms with Gasteiger partial charge in [-0.15, -0.1) is 0 Å². The van der Waals surface area contributed by atoms with Crippen molar-refractivity contribution in [3.8, 4) is 17.2 Å². The van der Waals surface area contributed by atoms with E-state index in [0.29, 0.717) is 43.3 Å². The number of nitro benzene ring substituents is 1. The van der Waals surface area contributed by atoms with E-state index in [1.807, 2.05) is 42.2 Å². The number of amides is 1. The summed E-state index contributed by atoms with van der Waals surface area (Å²) in [5.74, 6) is 1.78. The molecular formula is C27H31N3O6. The fourth-order valence-electron chi connectivity index (χ4n) is 5.45. The Morgan fingerprint density at radius 1 is 1.14 bits per heavy atom. The Labute approximate surface area is 210 Å². The van der Waals surface area contributed by atoms with Crippen LogP contribution in [0.1, 0.15) is 37.3 Å². The van der Waals surface area contributed by atoms with E-state index in [1.54, 1.807) is 12.1 Å². The van der Waals surface area contributed by atoms with Gasteiger partial charge in [-0.05, 0) is 56.4 Å². The molecule has 36 heavy (non-hydrogen) atoms. The Morgan fingerprint density at radius 2 is 1.86 bits per heavy atom. The van der Waals surface area contributed by atoms with Crippen molar-refractivity contribution in [1.82, 2.24) is 9.80 Å². The predicted molar refractivity (Wildman–Crippen MR) is 134 cm³/mol. The SMILES string of the molecule is CCOc1ccccc1C=CC(=O)N1CCC2(CCN(Cc3cc4c(cc3[N+](=O)[O-])OCO4)C2)CC1. The number of carbonyl (C=O) groups is 1. The van der Waals surface area contributed by atoms with Crippen molar-refractivity contribution in [3.63, 3.8) is 0 Å². The molecule has 0 saturated carbocycles. The van der Waals surface area contributed by atoms with Crippen LogP contribution in [0.4, 0.5) is 5.69 Å². The van der Waals surface area contributed by atoms with Crippen LogP contribution in [0.25, 0.3) is 6.08 Å². The molecule has 1 amide bonds. The largest absolute Gasteiger partial charge is 0.493 e. The van der Waals surface area contributed by atoms with Gasteiger partial charge < -0.3 is 19.1 Å². The molecule has 0 radical (unpaired) electrons. The highest BCUT2D eigenvalue weighted by molar-refractivity contribution is 5.92. The first-order valence-electron chi connectivity index (χ1n) is 12.4. The minimum absolute atomic E-state index is 0.0157. The second-order valence-electron chi connectivity index (χ2n) is 9.68. The number of carbonyl (C=O) groups excluding carboxylic acids is 1. The smallest absolute Gasteiger partial charge is 0.277 e. The van der Waals surface area contributed by atoms with Gasteiger partial charge in [0, 0.05) is 43.4 Å². The second-order valence-corrected chi connectivity index (χ2v) is 9.68. The first kappa shape index (κ1) is 24.1. The Balaban J connectivity index is 1.18. The predicted octanol–water partition coefficient (Wildman–Crippen LogP) is 4.25. The van der Waals surface area contributed by atoms with Crippen LogP contribution in [0.5, 0.6) is 17.2 Å². The summed E-state index contributed by atoms with van der Waals surface area (Å²) < 4.78 is 16.4. The Bertz CT molecular complexity index is 1170. The zero-order valence-electron chi connectivity index (χ0n) is 20.5. The molecule has 2 aromatic carbocycles. The first-order valence-corrected chi connectivity index (χ1v) is 12.4. The monoisotopic (exact) mass is 493 g/mol. The lowest BCUT2D eigenvalue weighted by Crippen LogP contribution is -2.43. The zero-order chi connectivity index (χ0) is 25.1. The molecule has 9 heteroatoms. The van der Waals surface area contributed by atoms with E-state index in [1.165, 1.54) is 6.07 Å². The van der Waals surface area contributed by atoms with Crippen molar-refractivity contribution >= 4 is 17.7 Å². The molecule has 3 aliphatic heterocycles. The highest BCUT2D eigenvalue weighted by atomic mass is 16.7. The fraction of sp³-hybridized carbons (Fsp3) is 0.444. The maximum absolute atomic E-state index is 12.8. The number of fused-ring (bicyclic) bond motifs is 1. The number of rotatable bonds is 7. The number of hydrogen-bond acceptors (Lipinski definition) is 7. The number of hydrogen-bond donors (Lipinski definition) is 0. The van der Waals surface area contributed by atoms with Crippen LogP contribution in [0, 0.1) is 15.5 Å². The molecule has 3 heterocycles. The van der Waals surface area contributed by atoms with E-state index in [9.17, 15) is 14.9 Å². The maximum atomic E-state index is 12.8. The van der Waals surface area contributed by atoms with Crippen LogP contribution in [-0.4, -0.2) is 60.2 Å². The third kappa shape index (κ3) is 5.02. The lowest BCUT2D eigenvalue weighted by atomic mass is 9.78. The van der Waals surface area contributed by atoms with Crippen molar-refractivity contribution < 1.29 is 23.9 Å². The van der Waals surface area contributed by atoms with Gasteiger partial charge in [-0.1, -0.05) is 18.2 Å². The highest BCUT2D eigenvalue weighted by Crippen LogP contribution is 2.43. The molecule has 0 aromatic heterocycles. The maximum Gasteiger partial charge on any atom is 0.277 e. The molecule has 5 rings (SSSR count). The molecule has 0 unspecified atom stereocenters. The summed E-state index contributed by atoms with van der Waals surface area (Å²) in [4.78, 5) is 28.3. The number of nitro groups is 1.